The summed E-state index contributed by atoms with van der Waals surface area (Å²) in [5, 5.41) is 11.8. The molecular weight excluding hydrogens is 391 g/mol. The van der Waals surface area contributed by atoms with Gasteiger partial charge in [-0.05, 0) is 42.0 Å². The van der Waals surface area contributed by atoms with E-state index in [-0.39, 0.29) is 16.7 Å². The monoisotopic (exact) mass is 411 g/mol. The van der Waals surface area contributed by atoms with Crippen LogP contribution in [0, 0.1) is 11.3 Å². The molecule has 0 saturated heterocycles. The highest BCUT2D eigenvalue weighted by molar-refractivity contribution is 6.06. The number of nitrogens with one attached hydrogen (secondary N) is 1. The summed E-state index contributed by atoms with van der Waals surface area (Å²) in [6.07, 6.45) is -1.43. The zero-order valence-electron chi connectivity index (χ0n) is 16.7. The number of benzene rings is 2. The van der Waals surface area contributed by atoms with E-state index in [0.29, 0.717) is 0 Å². The standard InChI is InChI=1S/C23H20F3N3O/c1-22(2)18-9-4-5-10-19(18)29(3)20(22)12-11-15(14-27)21(30)28-17-8-6-7-16(13-17)23(24,25)26/h4-13H,1-3H3,(H,28,30)/b15-11+,20-12+. The minimum absolute atomic E-state index is 0.0330. The number of nitriles is 1. The zero-order valence-corrected chi connectivity index (χ0v) is 16.7. The van der Waals surface area contributed by atoms with E-state index in [4.69, 9.17) is 0 Å². The first kappa shape index (κ1) is 21.2. The van der Waals surface area contributed by atoms with Gasteiger partial charge < -0.3 is 10.2 Å². The Morgan fingerprint density at radius 1 is 1.17 bits per heavy atom. The Labute approximate surface area is 172 Å². The maximum atomic E-state index is 12.9. The van der Waals surface area contributed by atoms with Crippen LogP contribution in [0.5, 0.6) is 0 Å². The van der Waals surface area contributed by atoms with Crippen molar-refractivity contribution in [2.45, 2.75) is 25.4 Å². The first-order chi connectivity index (χ1) is 14.1. The summed E-state index contributed by atoms with van der Waals surface area (Å²) in [4.78, 5) is 14.4. The number of hydrogen-bond acceptors (Lipinski definition) is 3. The summed E-state index contributed by atoms with van der Waals surface area (Å²) < 4.78 is 38.6. The Bertz CT molecular complexity index is 1090. The molecule has 30 heavy (non-hydrogen) atoms. The van der Waals surface area contributed by atoms with Gasteiger partial charge in [-0.2, -0.15) is 18.4 Å². The van der Waals surface area contributed by atoms with Gasteiger partial charge in [0, 0.05) is 29.5 Å². The number of nitrogens with zero attached hydrogens (tertiary/aromatic N) is 2. The summed E-state index contributed by atoms with van der Waals surface area (Å²) >= 11 is 0. The summed E-state index contributed by atoms with van der Waals surface area (Å²) in [7, 11) is 1.90. The van der Waals surface area contributed by atoms with Crippen molar-refractivity contribution >= 4 is 17.3 Å². The number of para-hydroxylation sites is 1. The number of anilines is 2. The first-order valence-corrected chi connectivity index (χ1v) is 9.20. The molecule has 0 atom stereocenters. The quantitative estimate of drug-likeness (QED) is 0.543. The second kappa shape index (κ2) is 7.71. The Balaban J connectivity index is 1.87. The predicted octanol–water partition coefficient (Wildman–Crippen LogP) is 5.41. The van der Waals surface area contributed by atoms with Gasteiger partial charge >= 0.3 is 6.18 Å². The van der Waals surface area contributed by atoms with Crippen LogP contribution in [0.25, 0.3) is 0 Å². The van der Waals surface area contributed by atoms with Gasteiger partial charge in [-0.1, -0.05) is 38.1 Å². The highest BCUT2D eigenvalue weighted by Crippen LogP contribution is 2.46. The molecule has 0 fully saturated rings. The lowest BCUT2D eigenvalue weighted by Gasteiger charge is -2.23. The van der Waals surface area contributed by atoms with Crippen LogP contribution in [-0.2, 0) is 16.4 Å². The van der Waals surface area contributed by atoms with E-state index in [1.54, 1.807) is 6.08 Å². The molecule has 4 nitrogen and oxygen atoms in total. The van der Waals surface area contributed by atoms with E-state index < -0.39 is 17.6 Å². The second-order valence-electron chi connectivity index (χ2n) is 7.48. The number of alkyl halides is 3. The molecular formula is C23H20F3N3O. The minimum atomic E-state index is -4.52. The molecule has 1 aliphatic rings. The molecule has 0 saturated carbocycles. The van der Waals surface area contributed by atoms with Crippen molar-refractivity contribution in [2.24, 2.45) is 0 Å². The van der Waals surface area contributed by atoms with Gasteiger partial charge in [-0.25, -0.2) is 0 Å². The summed E-state index contributed by atoms with van der Waals surface area (Å²) in [6, 6.07) is 14.0. The molecule has 0 aromatic heterocycles. The zero-order chi connectivity index (χ0) is 22.1. The lowest BCUT2D eigenvalue weighted by atomic mass is 9.83. The largest absolute Gasteiger partial charge is 0.416 e. The van der Waals surface area contributed by atoms with Crippen LogP contribution in [0.15, 0.2) is 72.0 Å². The third-order valence-electron chi connectivity index (χ3n) is 5.16. The summed E-state index contributed by atoms with van der Waals surface area (Å²) in [5.74, 6) is -0.773. The Morgan fingerprint density at radius 2 is 1.87 bits per heavy atom. The van der Waals surface area contributed by atoms with Crippen LogP contribution in [-0.4, -0.2) is 13.0 Å². The van der Waals surface area contributed by atoms with Crippen LogP contribution in [0.1, 0.15) is 25.0 Å². The van der Waals surface area contributed by atoms with Gasteiger partial charge in [-0.3, -0.25) is 4.79 Å². The molecule has 1 aliphatic heterocycles. The summed E-state index contributed by atoms with van der Waals surface area (Å²) in [6.45, 7) is 4.09. The number of allylic oxidation sites excluding steroid dienone is 3. The predicted molar refractivity (Wildman–Crippen MR) is 110 cm³/mol. The molecule has 0 radical (unpaired) electrons. The topological polar surface area (TPSA) is 56.1 Å². The van der Waals surface area contributed by atoms with Crippen molar-refractivity contribution in [3.8, 4) is 6.07 Å². The maximum absolute atomic E-state index is 12.9. The average molecular weight is 411 g/mol. The lowest BCUT2D eigenvalue weighted by Crippen LogP contribution is -2.22. The number of likely N-dealkylation sites (N-methyl/N-ethyl adjacent to an activating group) is 1. The fraction of sp³-hybridized carbons (Fsp3) is 0.217. The molecule has 0 spiro atoms. The van der Waals surface area contributed by atoms with Crippen molar-refractivity contribution in [2.75, 3.05) is 17.3 Å². The molecule has 1 amide bonds. The van der Waals surface area contributed by atoms with E-state index in [2.05, 4.69) is 5.32 Å². The van der Waals surface area contributed by atoms with Gasteiger partial charge in [0.25, 0.3) is 5.91 Å². The van der Waals surface area contributed by atoms with Crippen LogP contribution in [0.3, 0.4) is 0 Å². The van der Waals surface area contributed by atoms with Crippen molar-refractivity contribution in [1.29, 1.82) is 5.26 Å². The number of fused-ring (bicyclic) bond motifs is 1. The Morgan fingerprint density at radius 3 is 2.50 bits per heavy atom. The van der Waals surface area contributed by atoms with Gasteiger partial charge in [-0.15, -0.1) is 0 Å². The van der Waals surface area contributed by atoms with E-state index >= 15 is 0 Å². The van der Waals surface area contributed by atoms with Crippen molar-refractivity contribution in [3.63, 3.8) is 0 Å². The third kappa shape index (κ3) is 3.94. The number of carbonyl (C=O) groups is 1. The van der Waals surface area contributed by atoms with Gasteiger partial charge in [0.1, 0.15) is 11.6 Å². The van der Waals surface area contributed by atoms with E-state index in [0.717, 1.165) is 29.1 Å². The molecule has 0 unspecified atom stereocenters. The smallest absolute Gasteiger partial charge is 0.347 e. The normalized spacial score (nSPS) is 16.9. The molecule has 154 valence electrons. The maximum Gasteiger partial charge on any atom is 0.416 e. The number of amides is 1. The van der Waals surface area contributed by atoms with Crippen LogP contribution in [0.2, 0.25) is 0 Å². The number of carbonyl (C=O) groups excluding carboxylic acids is 1. The van der Waals surface area contributed by atoms with Crippen molar-refractivity contribution < 1.29 is 18.0 Å². The van der Waals surface area contributed by atoms with E-state index in [1.807, 2.05) is 56.1 Å². The molecule has 0 bridgehead atoms. The second-order valence-corrected chi connectivity index (χ2v) is 7.48. The first-order valence-electron chi connectivity index (χ1n) is 9.20. The van der Waals surface area contributed by atoms with Gasteiger partial charge in [0.05, 0.1) is 5.56 Å². The molecule has 2 aromatic rings. The lowest BCUT2D eigenvalue weighted by molar-refractivity contribution is -0.137. The van der Waals surface area contributed by atoms with E-state index in [9.17, 15) is 23.2 Å². The molecule has 7 heteroatoms. The SMILES string of the molecule is CN1/C(=C/C=C(\C#N)C(=O)Nc2cccc(C(F)(F)F)c2)C(C)(C)c2ccccc21. The average Bonchev–Trinajstić information content (AvgIpc) is 2.88. The fourth-order valence-electron chi connectivity index (χ4n) is 3.60. The number of halogens is 3. The molecule has 1 heterocycles. The molecule has 2 aromatic carbocycles. The Kier molecular flexibility index (Phi) is 5.45. The van der Waals surface area contributed by atoms with Crippen LogP contribution < -0.4 is 10.2 Å². The summed E-state index contributed by atoms with van der Waals surface area (Å²) in [5.41, 5.74) is 1.60. The fourth-order valence-corrected chi connectivity index (χ4v) is 3.60. The molecule has 0 aliphatic carbocycles. The highest BCUT2D eigenvalue weighted by Gasteiger charge is 2.37. The molecule has 1 N–H and O–H groups in total. The Hall–Kier alpha value is -3.53. The third-order valence-corrected chi connectivity index (χ3v) is 5.16. The van der Waals surface area contributed by atoms with Crippen molar-refractivity contribution in [3.05, 3.63) is 83.1 Å². The minimum Gasteiger partial charge on any atom is -0.347 e. The van der Waals surface area contributed by atoms with Crippen molar-refractivity contribution in [1.82, 2.24) is 0 Å². The number of rotatable bonds is 3. The highest BCUT2D eigenvalue weighted by atomic mass is 19.4. The van der Waals surface area contributed by atoms with Crippen LogP contribution >= 0.6 is 0 Å². The molecule has 3 rings (SSSR count). The van der Waals surface area contributed by atoms with Crippen LogP contribution in [0.4, 0.5) is 24.5 Å². The van der Waals surface area contributed by atoms with Gasteiger partial charge in [0.2, 0.25) is 0 Å². The van der Waals surface area contributed by atoms with Gasteiger partial charge in [0.15, 0.2) is 0 Å². The number of hydrogen-bond donors (Lipinski definition) is 1. The van der Waals surface area contributed by atoms with E-state index in [1.165, 1.54) is 18.2 Å².